The molecule has 132 valence electrons. The minimum Gasteiger partial charge on any atom is -0.443 e. The highest BCUT2D eigenvalue weighted by Gasteiger charge is 2.14. The predicted octanol–water partition coefficient (Wildman–Crippen LogP) is 1.66. The van der Waals surface area contributed by atoms with Crippen molar-refractivity contribution in [2.75, 3.05) is 7.05 Å². The molecule has 0 aliphatic heterocycles. The van der Waals surface area contributed by atoms with Crippen molar-refractivity contribution < 1.29 is 24.3 Å². The summed E-state index contributed by atoms with van der Waals surface area (Å²) in [4.78, 5) is 31.6. The molecule has 0 spiro atoms. The van der Waals surface area contributed by atoms with E-state index in [4.69, 9.17) is 9.94 Å². The summed E-state index contributed by atoms with van der Waals surface area (Å²) >= 11 is 0. The highest BCUT2D eigenvalue weighted by molar-refractivity contribution is 5.90. The number of amides is 2. The van der Waals surface area contributed by atoms with Gasteiger partial charge < -0.3 is 4.74 Å². The van der Waals surface area contributed by atoms with E-state index in [1.165, 1.54) is 17.6 Å². The normalized spacial score (nSPS) is 10.4. The molecular formula is C16H23N3O5. The first-order valence-corrected chi connectivity index (χ1v) is 7.05. The van der Waals surface area contributed by atoms with Crippen LogP contribution in [0.4, 0.5) is 4.79 Å². The monoisotopic (exact) mass is 337 g/mol. The van der Waals surface area contributed by atoms with Gasteiger partial charge in [0.05, 0.1) is 0 Å². The summed E-state index contributed by atoms with van der Waals surface area (Å²) in [6.07, 6.45) is 3.00. The van der Waals surface area contributed by atoms with Gasteiger partial charge in [0.15, 0.2) is 0 Å². The van der Waals surface area contributed by atoms with Gasteiger partial charge in [-0.1, -0.05) is 24.3 Å². The Kier molecular flexibility index (Phi) is 9.69. The largest absolute Gasteiger partial charge is 0.443 e. The summed E-state index contributed by atoms with van der Waals surface area (Å²) in [7, 11) is 1.60. The topological polar surface area (TPSA) is 117 Å². The van der Waals surface area contributed by atoms with Crippen LogP contribution in [0.1, 0.15) is 36.7 Å². The van der Waals surface area contributed by atoms with Crippen LogP contribution in [0, 0.1) is 0 Å². The number of benzene rings is 1. The molecule has 0 atom stereocenters. The Morgan fingerprint density at radius 2 is 1.67 bits per heavy atom. The second-order valence-electron chi connectivity index (χ2n) is 5.47. The molecule has 0 saturated carbocycles. The van der Waals surface area contributed by atoms with Gasteiger partial charge >= 0.3 is 6.09 Å². The fourth-order valence-electron chi connectivity index (χ4n) is 1.30. The van der Waals surface area contributed by atoms with E-state index in [-0.39, 0.29) is 0 Å². The third-order valence-corrected chi connectivity index (χ3v) is 2.24. The zero-order valence-corrected chi connectivity index (χ0v) is 14.1. The van der Waals surface area contributed by atoms with Gasteiger partial charge in [-0.15, -0.1) is 0 Å². The standard InChI is InChI=1S/C10H9NO3.C6H14N2O2/c12-7-9-3-1-8(2-4-9)5-6-10(13)11-14;1-6(2,3)10-5(9)8-7-4/h1-7,14H,(H,11,13);7H,1-4H3,(H,8,9)/b6-5+;. The molecule has 1 aromatic carbocycles. The molecule has 1 rings (SSSR count). The first-order chi connectivity index (χ1) is 11.2. The van der Waals surface area contributed by atoms with Crippen molar-refractivity contribution in [3.63, 3.8) is 0 Å². The van der Waals surface area contributed by atoms with Crippen LogP contribution < -0.4 is 16.3 Å². The number of hydrazine groups is 1. The smallest absolute Gasteiger partial charge is 0.422 e. The van der Waals surface area contributed by atoms with Crippen molar-refractivity contribution in [1.29, 1.82) is 0 Å². The minimum absolute atomic E-state index is 0.430. The zero-order valence-electron chi connectivity index (χ0n) is 14.1. The molecular weight excluding hydrogens is 314 g/mol. The molecule has 0 aliphatic rings. The average molecular weight is 337 g/mol. The number of rotatable bonds is 4. The van der Waals surface area contributed by atoms with Crippen molar-refractivity contribution in [2.24, 2.45) is 0 Å². The second-order valence-corrected chi connectivity index (χ2v) is 5.47. The van der Waals surface area contributed by atoms with Gasteiger partial charge in [0, 0.05) is 18.7 Å². The molecule has 0 aromatic heterocycles. The molecule has 0 bridgehead atoms. The number of hydroxylamine groups is 1. The van der Waals surface area contributed by atoms with Gasteiger partial charge in [0.2, 0.25) is 0 Å². The number of hydrogen-bond acceptors (Lipinski definition) is 6. The maximum absolute atomic E-state index is 10.7. The van der Waals surface area contributed by atoms with E-state index in [1.54, 1.807) is 31.3 Å². The quantitative estimate of drug-likeness (QED) is 0.287. The predicted molar refractivity (Wildman–Crippen MR) is 89.2 cm³/mol. The lowest BCUT2D eigenvalue weighted by Crippen LogP contribution is -2.38. The van der Waals surface area contributed by atoms with Gasteiger partial charge in [-0.2, -0.15) is 0 Å². The summed E-state index contributed by atoms with van der Waals surface area (Å²) in [5.74, 6) is -0.593. The highest BCUT2D eigenvalue weighted by Crippen LogP contribution is 2.05. The third-order valence-electron chi connectivity index (χ3n) is 2.24. The van der Waals surface area contributed by atoms with E-state index in [2.05, 4.69) is 10.9 Å². The van der Waals surface area contributed by atoms with E-state index in [1.807, 2.05) is 20.8 Å². The molecule has 1 aromatic rings. The van der Waals surface area contributed by atoms with Crippen LogP contribution in [0.5, 0.6) is 0 Å². The lowest BCUT2D eigenvalue weighted by molar-refractivity contribution is -0.124. The SMILES string of the molecule is CNNC(=O)OC(C)(C)C.O=Cc1ccc(/C=C/C(=O)NO)cc1. The summed E-state index contributed by atoms with van der Waals surface area (Å²) in [6, 6.07) is 6.68. The first-order valence-electron chi connectivity index (χ1n) is 7.05. The highest BCUT2D eigenvalue weighted by atomic mass is 16.6. The molecule has 0 aliphatic carbocycles. The Balaban J connectivity index is 0.000000470. The summed E-state index contributed by atoms with van der Waals surface area (Å²) < 4.78 is 4.87. The Labute approximate surface area is 140 Å². The lowest BCUT2D eigenvalue weighted by atomic mass is 10.1. The molecule has 0 saturated heterocycles. The molecule has 0 heterocycles. The van der Waals surface area contributed by atoms with E-state index in [0.717, 1.165) is 11.8 Å². The molecule has 24 heavy (non-hydrogen) atoms. The fourth-order valence-corrected chi connectivity index (χ4v) is 1.30. The molecule has 8 heteroatoms. The Morgan fingerprint density at radius 1 is 1.12 bits per heavy atom. The van der Waals surface area contributed by atoms with E-state index < -0.39 is 17.6 Å². The molecule has 0 unspecified atom stereocenters. The van der Waals surface area contributed by atoms with Gasteiger partial charge in [-0.3, -0.25) is 20.2 Å². The molecule has 2 amide bonds. The van der Waals surface area contributed by atoms with E-state index in [0.29, 0.717) is 5.56 Å². The average Bonchev–Trinajstić information content (AvgIpc) is 2.52. The maximum atomic E-state index is 10.7. The van der Waals surface area contributed by atoms with Crippen LogP contribution in [0.15, 0.2) is 30.3 Å². The number of hydrogen-bond donors (Lipinski definition) is 4. The summed E-state index contributed by atoms with van der Waals surface area (Å²) in [6.45, 7) is 5.42. The van der Waals surface area contributed by atoms with Crippen LogP contribution in [-0.4, -0.2) is 36.1 Å². The van der Waals surface area contributed by atoms with Crippen LogP contribution in [0.2, 0.25) is 0 Å². The Morgan fingerprint density at radius 3 is 2.08 bits per heavy atom. The van der Waals surface area contributed by atoms with Crippen molar-refractivity contribution in [2.45, 2.75) is 26.4 Å². The van der Waals surface area contributed by atoms with Crippen LogP contribution in [0.25, 0.3) is 6.08 Å². The fraction of sp³-hybridized carbons (Fsp3) is 0.312. The Hall–Kier alpha value is -2.71. The van der Waals surface area contributed by atoms with E-state index in [9.17, 15) is 14.4 Å². The lowest BCUT2D eigenvalue weighted by Gasteiger charge is -2.19. The second kappa shape index (κ2) is 10.9. The van der Waals surface area contributed by atoms with Crippen molar-refractivity contribution in [3.05, 3.63) is 41.5 Å². The molecule has 0 radical (unpaired) electrons. The molecule has 8 nitrogen and oxygen atoms in total. The van der Waals surface area contributed by atoms with Crippen LogP contribution >= 0.6 is 0 Å². The van der Waals surface area contributed by atoms with Gasteiger partial charge in [-0.25, -0.2) is 15.7 Å². The summed E-state index contributed by atoms with van der Waals surface area (Å²) in [5.41, 5.74) is 7.16. The number of nitrogens with one attached hydrogen (secondary N) is 3. The third kappa shape index (κ3) is 10.9. The van der Waals surface area contributed by atoms with Gasteiger partial charge in [0.1, 0.15) is 11.9 Å². The van der Waals surface area contributed by atoms with Crippen molar-refractivity contribution in [1.82, 2.24) is 16.3 Å². The van der Waals surface area contributed by atoms with Crippen LogP contribution in [-0.2, 0) is 9.53 Å². The summed E-state index contributed by atoms with van der Waals surface area (Å²) in [5, 5.41) is 8.20. The van der Waals surface area contributed by atoms with Crippen molar-refractivity contribution in [3.8, 4) is 0 Å². The number of carbonyl (C=O) groups excluding carboxylic acids is 3. The maximum Gasteiger partial charge on any atom is 0.422 e. The van der Waals surface area contributed by atoms with Gasteiger partial charge in [0.25, 0.3) is 5.91 Å². The number of ether oxygens (including phenoxy) is 1. The van der Waals surface area contributed by atoms with Crippen molar-refractivity contribution >= 4 is 24.4 Å². The molecule has 4 N–H and O–H groups in total. The minimum atomic E-state index is -0.593. The van der Waals surface area contributed by atoms with Gasteiger partial charge in [-0.05, 0) is 32.4 Å². The Bertz CT molecular complexity index is 562. The zero-order chi connectivity index (χ0) is 18.6. The molecule has 0 fully saturated rings. The number of carbonyl (C=O) groups is 3. The van der Waals surface area contributed by atoms with Crippen LogP contribution in [0.3, 0.4) is 0 Å². The first kappa shape index (κ1) is 21.3. The number of aldehydes is 1. The van der Waals surface area contributed by atoms with E-state index >= 15 is 0 Å².